The normalized spacial score (nSPS) is 12.2. The predicted octanol–water partition coefficient (Wildman–Crippen LogP) is 1.55. The van der Waals surface area contributed by atoms with E-state index in [2.05, 4.69) is 57.1 Å². The maximum absolute atomic E-state index is 10.7. The number of likely N-dealkylation sites (N-methyl/N-ethyl adjacent to an activating group) is 2. The second-order valence-corrected chi connectivity index (χ2v) is 10.6. The average Bonchev–Trinajstić information content (AvgIpc) is 2.77. The summed E-state index contributed by atoms with van der Waals surface area (Å²) in [5.74, 6) is -1.00. The molecule has 0 atom stereocenters. The topological polar surface area (TPSA) is 71.1 Å². The minimum absolute atomic E-state index is 0.0647. The molecule has 1 rings (SSSR count). The van der Waals surface area contributed by atoms with Crippen LogP contribution in [0.3, 0.4) is 0 Å². The molecular formula is C27H50N3O5+. The molecule has 0 saturated carbocycles. The number of nitrogens with zero attached hydrogens (tertiary/aromatic N) is 3. The quantitative estimate of drug-likeness (QED) is 0.190. The molecule has 0 bridgehead atoms. The summed E-state index contributed by atoms with van der Waals surface area (Å²) in [5, 5.41) is 10.7. The van der Waals surface area contributed by atoms with E-state index in [0.717, 1.165) is 49.5 Å². The van der Waals surface area contributed by atoms with Crippen molar-refractivity contribution < 1.29 is 33.1 Å². The fourth-order valence-electron chi connectivity index (χ4n) is 3.81. The van der Waals surface area contributed by atoms with E-state index in [-0.39, 0.29) is 6.42 Å². The minimum Gasteiger partial charge on any atom is -0.550 e. The highest BCUT2D eigenvalue weighted by Crippen LogP contribution is 2.15. The molecule has 1 aromatic rings. The summed E-state index contributed by atoms with van der Waals surface area (Å²) in [7, 11) is 8.50. The Hall–Kier alpha value is -1.71. The number of benzene rings is 1. The van der Waals surface area contributed by atoms with Crippen molar-refractivity contribution in [2.45, 2.75) is 26.7 Å². The van der Waals surface area contributed by atoms with Gasteiger partial charge in [0.25, 0.3) is 0 Å². The molecule has 0 unspecified atom stereocenters. The van der Waals surface area contributed by atoms with E-state index in [1.54, 1.807) is 0 Å². The Morgan fingerprint density at radius 1 is 0.829 bits per heavy atom. The van der Waals surface area contributed by atoms with Crippen molar-refractivity contribution in [3.63, 3.8) is 0 Å². The molecule has 0 amide bonds. The Morgan fingerprint density at radius 2 is 1.37 bits per heavy atom. The van der Waals surface area contributed by atoms with Crippen LogP contribution in [0.15, 0.2) is 24.3 Å². The largest absolute Gasteiger partial charge is 0.550 e. The molecule has 0 saturated heterocycles. The number of carboxylic acid groups (broad SMARTS) is 1. The lowest BCUT2D eigenvalue weighted by molar-refractivity contribution is -0.890. The molecule has 0 spiro atoms. The third kappa shape index (κ3) is 15.8. The Kier molecular flexibility index (Phi) is 15.1. The number of carbonyl (C=O) groups is 1. The van der Waals surface area contributed by atoms with Crippen LogP contribution in [0.2, 0.25) is 0 Å². The zero-order valence-corrected chi connectivity index (χ0v) is 23.1. The van der Waals surface area contributed by atoms with Crippen LogP contribution < -0.4 is 10.0 Å². The third-order valence-corrected chi connectivity index (χ3v) is 6.18. The maximum Gasteiger partial charge on any atom is 0.102 e. The van der Waals surface area contributed by atoms with Gasteiger partial charge in [0.05, 0.1) is 80.9 Å². The number of aliphatic carboxylic acids is 1. The van der Waals surface area contributed by atoms with Gasteiger partial charge in [-0.05, 0) is 31.0 Å². The second kappa shape index (κ2) is 16.9. The van der Waals surface area contributed by atoms with Gasteiger partial charge in [-0.15, -0.1) is 0 Å². The van der Waals surface area contributed by atoms with Crippen molar-refractivity contribution in [2.24, 2.45) is 0 Å². The number of carboxylic acids is 1. The van der Waals surface area contributed by atoms with Gasteiger partial charge in [-0.2, -0.15) is 0 Å². The van der Waals surface area contributed by atoms with Crippen molar-refractivity contribution in [1.82, 2.24) is 0 Å². The molecule has 0 aliphatic carbocycles. The third-order valence-electron chi connectivity index (χ3n) is 6.18. The number of hydrogen-bond acceptors (Lipinski definition) is 6. The van der Waals surface area contributed by atoms with Crippen LogP contribution in [0.1, 0.15) is 25.3 Å². The lowest BCUT2D eigenvalue weighted by Crippen LogP contribution is -2.45. The van der Waals surface area contributed by atoms with Crippen LogP contribution in [-0.4, -0.2) is 122 Å². The Labute approximate surface area is 213 Å². The van der Waals surface area contributed by atoms with Crippen molar-refractivity contribution >= 4 is 11.7 Å². The molecule has 35 heavy (non-hydrogen) atoms. The van der Waals surface area contributed by atoms with Crippen LogP contribution in [0, 0.1) is 6.92 Å². The van der Waals surface area contributed by atoms with E-state index < -0.39 is 5.97 Å². The fourth-order valence-corrected chi connectivity index (χ4v) is 3.81. The van der Waals surface area contributed by atoms with Crippen molar-refractivity contribution in [3.05, 3.63) is 29.8 Å². The summed E-state index contributed by atoms with van der Waals surface area (Å²) in [5.41, 5.74) is 2.38. The summed E-state index contributed by atoms with van der Waals surface area (Å²) in [4.78, 5) is 13.0. The molecule has 8 nitrogen and oxygen atoms in total. The highest BCUT2D eigenvalue weighted by Gasteiger charge is 2.15. The van der Waals surface area contributed by atoms with E-state index in [9.17, 15) is 9.90 Å². The number of anilines is 1. The van der Waals surface area contributed by atoms with Crippen LogP contribution in [-0.2, 0) is 19.0 Å². The zero-order valence-electron chi connectivity index (χ0n) is 23.1. The molecule has 8 heteroatoms. The second-order valence-electron chi connectivity index (χ2n) is 10.6. The molecule has 0 aliphatic heterocycles. The summed E-state index contributed by atoms with van der Waals surface area (Å²) in [6.45, 7) is 13.1. The Balaban J connectivity index is 2.34. The first-order valence-electron chi connectivity index (χ1n) is 12.9. The maximum atomic E-state index is 10.7. The minimum atomic E-state index is -1.00. The molecule has 0 aromatic heterocycles. The molecule has 0 fully saturated rings. The lowest BCUT2D eigenvalue weighted by Gasteiger charge is -2.30. The van der Waals surface area contributed by atoms with Crippen molar-refractivity contribution in [3.8, 4) is 0 Å². The van der Waals surface area contributed by atoms with E-state index in [4.69, 9.17) is 14.2 Å². The monoisotopic (exact) mass is 496 g/mol. The van der Waals surface area contributed by atoms with Gasteiger partial charge in [-0.3, -0.25) is 0 Å². The number of aryl methyl sites for hydroxylation is 1. The van der Waals surface area contributed by atoms with Crippen LogP contribution >= 0.6 is 0 Å². The molecule has 0 radical (unpaired) electrons. The van der Waals surface area contributed by atoms with Crippen LogP contribution in [0.25, 0.3) is 0 Å². The van der Waals surface area contributed by atoms with E-state index in [1.165, 1.54) is 12.0 Å². The highest BCUT2D eigenvalue weighted by atomic mass is 16.5. The summed E-state index contributed by atoms with van der Waals surface area (Å²) in [6, 6.07) is 8.47. The van der Waals surface area contributed by atoms with Gasteiger partial charge in [0.15, 0.2) is 0 Å². The molecular weight excluding hydrogens is 446 g/mol. The molecule has 0 aliphatic rings. The number of quaternary nitrogens is 2. The number of carbonyl (C=O) groups excluding carboxylic acids is 1. The number of ether oxygens (including phenoxy) is 3. The van der Waals surface area contributed by atoms with Crippen molar-refractivity contribution in [1.29, 1.82) is 0 Å². The summed E-state index contributed by atoms with van der Waals surface area (Å²) >= 11 is 0. The Bertz CT molecular complexity index is 712. The standard InChI is InChI=1S/C27H50N3O5/c1-7-14-29(3,4)16-21-35-23-22-34-19-13-28(26-10-8-9-25(2)24-26)12-18-33-20-17-30(5,6)15-11-27(31)32/h8-10,24H,7,11-23H2,1-6H3/q+1. The molecule has 0 N–H and O–H groups in total. The van der Waals surface area contributed by atoms with Crippen molar-refractivity contribution in [2.75, 3.05) is 112 Å². The zero-order chi connectivity index (χ0) is 26.2. The number of rotatable bonds is 21. The summed E-state index contributed by atoms with van der Waals surface area (Å²) < 4.78 is 19.1. The Morgan fingerprint density at radius 3 is 1.91 bits per heavy atom. The van der Waals surface area contributed by atoms with E-state index >= 15 is 0 Å². The predicted molar refractivity (Wildman–Crippen MR) is 139 cm³/mol. The van der Waals surface area contributed by atoms with Crippen LogP contribution in [0.5, 0.6) is 0 Å². The lowest BCUT2D eigenvalue weighted by atomic mass is 10.2. The summed E-state index contributed by atoms with van der Waals surface area (Å²) in [6.07, 6.45) is 1.25. The SMILES string of the molecule is CCC[N+](C)(C)CCOCCOCCN(CCOCC[N+](C)(C)CCC(=O)[O-])c1cccc(C)c1. The fraction of sp³-hybridized carbons (Fsp3) is 0.741. The van der Waals surface area contributed by atoms with Gasteiger partial charge >= 0.3 is 0 Å². The van der Waals surface area contributed by atoms with Gasteiger partial charge in [0, 0.05) is 31.2 Å². The molecule has 0 heterocycles. The van der Waals surface area contributed by atoms with Gasteiger partial charge in [-0.1, -0.05) is 19.1 Å². The van der Waals surface area contributed by atoms with E-state index in [0.29, 0.717) is 44.1 Å². The molecule has 202 valence electrons. The van der Waals surface area contributed by atoms with Gasteiger partial charge in [-0.25, -0.2) is 0 Å². The smallest absolute Gasteiger partial charge is 0.102 e. The van der Waals surface area contributed by atoms with Gasteiger partial charge in [0.1, 0.15) is 13.1 Å². The van der Waals surface area contributed by atoms with Crippen LogP contribution in [0.4, 0.5) is 5.69 Å². The first kappa shape index (κ1) is 31.3. The first-order valence-corrected chi connectivity index (χ1v) is 12.9. The van der Waals surface area contributed by atoms with E-state index in [1.807, 2.05) is 14.1 Å². The van der Waals surface area contributed by atoms with Gasteiger partial charge < -0.3 is 38.0 Å². The number of hydrogen-bond donors (Lipinski definition) is 0. The molecule has 1 aromatic carbocycles. The van der Waals surface area contributed by atoms with Gasteiger partial charge in [0.2, 0.25) is 0 Å². The average molecular weight is 497 g/mol. The first-order chi connectivity index (χ1) is 16.5. The highest BCUT2D eigenvalue weighted by molar-refractivity contribution is 5.64.